The lowest BCUT2D eigenvalue weighted by atomic mass is 10.4. The molecule has 8 heteroatoms. The second-order valence-electron chi connectivity index (χ2n) is 3.20. The average molecular weight is 401 g/mol. The van der Waals surface area contributed by atoms with E-state index in [4.69, 9.17) is 0 Å². The predicted octanol–water partition coefficient (Wildman–Crippen LogP) is 2.05. The molecule has 100 valence electrons. The van der Waals surface area contributed by atoms with Gasteiger partial charge in [-0.25, -0.2) is 8.42 Å². The van der Waals surface area contributed by atoms with E-state index in [1.165, 1.54) is 6.07 Å². The molecule has 1 N–H and O–H groups in total. The van der Waals surface area contributed by atoms with Gasteiger partial charge in [-0.05, 0) is 41.1 Å². The highest BCUT2D eigenvalue weighted by molar-refractivity contribution is 9.11. The molecule has 5 nitrogen and oxygen atoms in total. The van der Waals surface area contributed by atoms with Crippen LogP contribution in [-0.4, -0.2) is 27.5 Å². The molecule has 1 aromatic rings. The van der Waals surface area contributed by atoms with Crippen molar-refractivity contribution in [1.82, 2.24) is 4.72 Å². The zero-order valence-corrected chi connectivity index (χ0v) is 13.4. The summed E-state index contributed by atoms with van der Waals surface area (Å²) in [4.78, 5) is 11.2. The monoisotopic (exact) mass is 399 g/mol. The molecule has 0 fully saturated rings. The molecular weight excluding hydrogens is 390 g/mol. The van der Waals surface area contributed by atoms with E-state index in [1.54, 1.807) is 19.1 Å². The lowest BCUT2D eigenvalue weighted by Crippen LogP contribution is -2.30. The van der Waals surface area contributed by atoms with Gasteiger partial charge in [-0.1, -0.05) is 15.9 Å². The van der Waals surface area contributed by atoms with Gasteiger partial charge >= 0.3 is 5.97 Å². The summed E-state index contributed by atoms with van der Waals surface area (Å²) in [5.74, 6) is -0.618. The second kappa shape index (κ2) is 6.65. The molecule has 0 heterocycles. The summed E-state index contributed by atoms with van der Waals surface area (Å²) in [6.45, 7) is 1.47. The van der Waals surface area contributed by atoms with Crippen LogP contribution < -0.4 is 4.72 Å². The lowest BCUT2D eigenvalue weighted by Gasteiger charge is -2.08. The Kier molecular flexibility index (Phi) is 5.77. The quantitative estimate of drug-likeness (QED) is 0.767. The minimum absolute atomic E-state index is 0.0566. The largest absolute Gasteiger partial charge is 0.465 e. The van der Waals surface area contributed by atoms with Crippen LogP contribution in [0.15, 0.2) is 32.0 Å². The van der Waals surface area contributed by atoms with Gasteiger partial charge in [0.1, 0.15) is 6.54 Å². The van der Waals surface area contributed by atoms with Gasteiger partial charge in [0, 0.05) is 8.95 Å². The van der Waals surface area contributed by atoms with Gasteiger partial charge in [-0.15, -0.1) is 0 Å². The van der Waals surface area contributed by atoms with Crippen LogP contribution in [0.2, 0.25) is 0 Å². The Morgan fingerprint density at radius 2 is 2.06 bits per heavy atom. The first-order valence-electron chi connectivity index (χ1n) is 4.97. The molecule has 0 aromatic heterocycles. The Bertz CT molecular complexity index is 545. The number of esters is 1. The van der Waals surface area contributed by atoms with Crippen LogP contribution in [-0.2, 0) is 19.6 Å². The number of carbonyl (C=O) groups is 1. The number of nitrogens with one attached hydrogen (secondary N) is 1. The summed E-state index contributed by atoms with van der Waals surface area (Å²) in [5, 5.41) is 0. The Labute approximate surface area is 122 Å². The molecule has 1 aromatic carbocycles. The Morgan fingerprint density at radius 1 is 1.39 bits per heavy atom. The molecule has 0 aliphatic heterocycles. The molecule has 0 atom stereocenters. The van der Waals surface area contributed by atoms with E-state index in [0.29, 0.717) is 8.95 Å². The summed E-state index contributed by atoms with van der Waals surface area (Å²) in [6.07, 6.45) is 0. The standard InChI is InChI=1S/C10H11Br2NO4S/c1-2-17-10(14)6-13-18(15,16)9-5-7(11)3-4-8(9)12/h3-5,13H,2,6H2,1H3. The number of benzene rings is 1. The molecule has 0 saturated heterocycles. The van der Waals surface area contributed by atoms with Crippen molar-refractivity contribution in [3.8, 4) is 0 Å². The van der Waals surface area contributed by atoms with E-state index in [2.05, 4.69) is 41.3 Å². The van der Waals surface area contributed by atoms with Crippen molar-refractivity contribution in [2.45, 2.75) is 11.8 Å². The van der Waals surface area contributed by atoms with Crippen LogP contribution in [0, 0.1) is 0 Å². The van der Waals surface area contributed by atoms with Crippen molar-refractivity contribution in [2.24, 2.45) is 0 Å². The van der Waals surface area contributed by atoms with E-state index < -0.39 is 22.5 Å². The summed E-state index contributed by atoms with van der Waals surface area (Å²) in [6, 6.07) is 4.75. The first kappa shape index (κ1) is 15.6. The number of sulfonamides is 1. The van der Waals surface area contributed by atoms with Crippen LogP contribution >= 0.6 is 31.9 Å². The third-order valence-electron chi connectivity index (χ3n) is 1.89. The average Bonchev–Trinajstić information content (AvgIpc) is 2.30. The smallest absolute Gasteiger partial charge is 0.321 e. The predicted molar refractivity (Wildman–Crippen MR) is 73.7 cm³/mol. The molecule has 0 spiro atoms. The second-order valence-corrected chi connectivity index (χ2v) is 6.71. The molecule has 0 bridgehead atoms. The maximum atomic E-state index is 11.9. The van der Waals surface area contributed by atoms with Crippen molar-refractivity contribution < 1.29 is 17.9 Å². The maximum absolute atomic E-state index is 11.9. The van der Waals surface area contributed by atoms with Crippen molar-refractivity contribution in [3.05, 3.63) is 27.1 Å². The minimum Gasteiger partial charge on any atom is -0.465 e. The molecule has 0 saturated carbocycles. The molecule has 1 rings (SSSR count). The summed E-state index contributed by atoms with van der Waals surface area (Å²) < 4.78 is 31.7. The van der Waals surface area contributed by atoms with Crippen LogP contribution in [0.25, 0.3) is 0 Å². The summed E-state index contributed by atoms with van der Waals surface area (Å²) >= 11 is 6.34. The molecule has 0 amide bonds. The normalized spacial score (nSPS) is 11.3. The van der Waals surface area contributed by atoms with Gasteiger partial charge in [0.05, 0.1) is 11.5 Å². The third-order valence-corrected chi connectivity index (χ3v) is 4.78. The Hall–Kier alpha value is -0.440. The minimum atomic E-state index is -3.75. The number of carbonyl (C=O) groups excluding carboxylic acids is 1. The number of halogens is 2. The van der Waals surface area contributed by atoms with Gasteiger partial charge in [0.25, 0.3) is 0 Å². The first-order chi connectivity index (χ1) is 8.36. The third kappa shape index (κ3) is 4.34. The van der Waals surface area contributed by atoms with E-state index in [-0.39, 0.29) is 11.5 Å². The van der Waals surface area contributed by atoms with Crippen molar-refractivity contribution in [3.63, 3.8) is 0 Å². The number of rotatable bonds is 5. The van der Waals surface area contributed by atoms with Crippen molar-refractivity contribution in [2.75, 3.05) is 13.2 Å². The molecule has 0 radical (unpaired) electrons. The first-order valence-corrected chi connectivity index (χ1v) is 8.04. The van der Waals surface area contributed by atoms with E-state index in [9.17, 15) is 13.2 Å². The highest BCUT2D eigenvalue weighted by Gasteiger charge is 2.19. The van der Waals surface area contributed by atoms with Gasteiger partial charge in [0.15, 0.2) is 0 Å². The fraction of sp³-hybridized carbons (Fsp3) is 0.300. The van der Waals surface area contributed by atoms with Gasteiger partial charge < -0.3 is 4.74 Å². The maximum Gasteiger partial charge on any atom is 0.321 e. The van der Waals surface area contributed by atoms with Crippen LogP contribution in [0.3, 0.4) is 0 Å². The highest BCUT2D eigenvalue weighted by Crippen LogP contribution is 2.25. The van der Waals surface area contributed by atoms with E-state index >= 15 is 0 Å². The topological polar surface area (TPSA) is 72.5 Å². The molecule has 0 aliphatic rings. The van der Waals surface area contributed by atoms with Crippen LogP contribution in [0.4, 0.5) is 0 Å². The zero-order chi connectivity index (χ0) is 13.8. The Balaban J connectivity index is 2.87. The summed E-state index contributed by atoms with van der Waals surface area (Å²) in [7, 11) is -3.75. The Morgan fingerprint density at radius 3 is 2.67 bits per heavy atom. The molecule has 0 aliphatic carbocycles. The van der Waals surface area contributed by atoms with Crippen LogP contribution in [0.1, 0.15) is 6.92 Å². The van der Waals surface area contributed by atoms with Gasteiger partial charge in [-0.3, -0.25) is 4.79 Å². The van der Waals surface area contributed by atoms with Crippen molar-refractivity contribution >= 4 is 47.9 Å². The van der Waals surface area contributed by atoms with Gasteiger partial charge in [-0.2, -0.15) is 4.72 Å². The van der Waals surface area contributed by atoms with E-state index in [1.807, 2.05) is 0 Å². The zero-order valence-electron chi connectivity index (χ0n) is 9.44. The SMILES string of the molecule is CCOC(=O)CNS(=O)(=O)c1cc(Br)ccc1Br. The van der Waals surface area contributed by atoms with Crippen molar-refractivity contribution in [1.29, 1.82) is 0 Å². The highest BCUT2D eigenvalue weighted by atomic mass is 79.9. The molecular formula is C10H11Br2NO4S. The molecule has 18 heavy (non-hydrogen) atoms. The van der Waals surface area contributed by atoms with E-state index in [0.717, 1.165) is 0 Å². The number of hydrogen-bond donors (Lipinski definition) is 1. The van der Waals surface area contributed by atoms with Crippen LogP contribution in [0.5, 0.6) is 0 Å². The fourth-order valence-electron chi connectivity index (χ4n) is 1.13. The number of hydrogen-bond acceptors (Lipinski definition) is 4. The number of ether oxygens (including phenoxy) is 1. The van der Waals surface area contributed by atoms with Gasteiger partial charge in [0.2, 0.25) is 10.0 Å². The fourth-order valence-corrected chi connectivity index (χ4v) is 3.60. The molecule has 0 unspecified atom stereocenters. The lowest BCUT2D eigenvalue weighted by molar-refractivity contribution is -0.141. The summed E-state index contributed by atoms with van der Waals surface area (Å²) in [5.41, 5.74) is 0.